The number of hydrogen-bond donors (Lipinski definition) is 4. The molecule has 41 heavy (non-hydrogen) atoms. The lowest BCUT2D eigenvalue weighted by molar-refractivity contribution is 0.0956. The first-order valence-electron chi connectivity index (χ1n) is 13.8. The number of H-pyrrole nitrogens is 2. The molecule has 10 nitrogen and oxygen atoms in total. The summed E-state index contributed by atoms with van der Waals surface area (Å²) in [5.41, 5.74) is 5.87. The van der Waals surface area contributed by atoms with E-state index >= 15 is 0 Å². The normalized spacial score (nSPS) is 13.9. The van der Waals surface area contributed by atoms with E-state index in [1.165, 1.54) is 0 Å². The van der Waals surface area contributed by atoms with Crippen LogP contribution in [0.1, 0.15) is 24.0 Å². The highest BCUT2D eigenvalue weighted by molar-refractivity contribution is 6.30. The molecule has 1 saturated heterocycles. The van der Waals surface area contributed by atoms with Crippen LogP contribution in [0.25, 0.3) is 22.4 Å². The largest absolute Gasteiger partial charge is 0.447 e. The molecule has 5 rings (SSSR count). The van der Waals surface area contributed by atoms with Crippen molar-refractivity contribution in [1.82, 2.24) is 20.3 Å². The number of nitrogens with one attached hydrogen (secondary N) is 4. The number of aromatic amines is 2. The van der Waals surface area contributed by atoms with E-state index in [1.807, 2.05) is 37.3 Å². The number of nitrogens with zero attached hydrogens (tertiary/aromatic N) is 2. The lowest BCUT2D eigenvalue weighted by Crippen LogP contribution is -2.45. The minimum absolute atomic E-state index is 0.0690. The maximum atomic E-state index is 12.9. The molecule has 0 aliphatic carbocycles. The maximum Gasteiger partial charge on any atom is 0.407 e. The van der Waals surface area contributed by atoms with Gasteiger partial charge in [0.1, 0.15) is 18.0 Å². The molecule has 0 saturated carbocycles. The average molecular weight is 579 g/mol. The van der Waals surface area contributed by atoms with Gasteiger partial charge in [0.05, 0.1) is 23.3 Å². The molecule has 1 amide bonds. The van der Waals surface area contributed by atoms with Crippen LogP contribution in [0.5, 0.6) is 0 Å². The molecule has 0 spiro atoms. The van der Waals surface area contributed by atoms with E-state index in [0.29, 0.717) is 35.2 Å². The second-order valence-electron chi connectivity index (χ2n) is 10.2. The van der Waals surface area contributed by atoms with Gasteiger partial charge in [0.25, 0.3) is 5.56 Å². The van der Waals surface area contributed by atoms with E-state index in [2.05, 4.69) is 37.6 Å². The Morgan fingerprint density at radius 1 is 1.17 bits per heavy atom. The van der Waals surface area contributed by atoms with Crippen molar-refractivity contribution < 1.29 is 14.3 Å². The van der Waals surface area contributed by atoms with E-state index in [4.69, 9.17) is 26.1 Å². The van der Waals surface area contributed by atoms with Crippen molar-refractivity contribution in [2.45, 2.75) is 32.2 Å². The van der Waals surface area contributed by atoms with Gasteiger partial charge in [-0.1, -0.05) is 23.7 Å². The molecule has 0 radical (unpaired) electrons. The fourth-order valence-corrected chi connectivity index (χ4v) is 5.39. The number of aryl methyl sites for hydroxylation is 1. The quantitative estimate of drug-likeness (QED) is 0.198. The summed E-state index contributed by atoms with van der Waals surface area (Å²) in [6.45, 7) is 4.88. The summed E-state index contributed by atoms with van der Waals surface area (Å²) in [4.78, 5) is 38.2. The van der Waals surface area contributed by atoms with Gasteiger partial charge in [0, 0.05) is 49.7 Å². The van der Waals surface area contributed by atoms with Crippen molar-refractivity contribution in [3.63, 3.8) is 0 Å². The van der Waals surface area contributed by atoms with Crippen LogP contribution in [0.2, 0.25) is 5.02 Å². The van der Waals surface area contributed by atoms with Crippen LogP contribution in [0, 0.1) is 6.92 Å². The number of halogens is 1. The van der Waals surface area contributed by atoms with E-state index in [1.54, 1.807) is 13.3 Å². The van der Waals surface area contributed by atoms with Gasteiger partial charge in [-0.05, 0) is 67.6 Å². The van der Waals surface area contributed by atoms with Gasteiger partial charge in [-0.3, -0.25) is 4.79 Å². The minimum Gasteiger partial charge on any atom is -0.447 e. The standard InChI is InChI=1S/C30H35ClN6O4/c1-19-16-23(37-12-8-22(9-13-37)34-30(39)41-15-14-40-2)18-25-27(19)36-28(35-25)26-24(7-11-33-29(26)38)32-10-6-20-4-3-5-21(31)17-20/h3-5,7,11,16-18,22H,6,8-10,12-15H2,1-2H3,(H,34,39)(H,35,36)(H2,32,33,38). The number of piperidine rings is 1. The van der Waals surface area contributed by atoms with Crippen LogP contribution in [-0.2, 0) is 15.9 Å². The number of carbonyl (C=O) groups excluding carboxylic acids is 1. The molecule has 4 aromatic rings. The highest BCUT2D eigenvalue weighted by atomic mass is 35.5. The van der Waals surface area contributed by atoms with Crippen molar-refractivity contribution in [2.75, 3.05) is 50.2 Å². The molecule has 4 N–H and O–H groups in total. The number of imidazole rings is 1. The first kappa shape index (κ1) is 28.5. The number of hydrogen-bond acceptors (Lipinski definition) is 7. The maximum absolute atomic E-state index is 12.9. The Morgan fingerprint density at radius 2 is 2.00 bits per heavy atom. The fraction of sp³-hybridized carbons (Fsp3) is 0.367. The van der Waals surface area contributed by atoms with Crippen molar-refractivity contribution >= 4 is 40.1 Å². The molecule has 3 heterocycles. The van der Waals surface area contributed by atoms with Crippen molar-refractivity contribution in [2.24, 2.45) is 0 Å². The fourth-order valence-electron chi connectivity index (χ4n) is 5.18. The highest BCUT2D eigenvalue weighted by Gasteiger charge is 2.23. The zero-order valence-corrected chi connectivity index (χ0v) is 24.0. The third-order valence-corrected chi connectivity index (χ3v) is 7.52. The Hall–Kier alpha value is -4.02. The summed E-state index contributed by atoms with van der Waals surface area (Å²) >= 11 is 6.12. The first-order valence-corrected chi connectivity index (χ1v) is 14.2. The lowest BCUT2D eigenvalue weighted by Gasteiger charge is -2.34. The number of anilines is 2. The predicted molar refractivity (Wildman–Crippen MR) is 162 cm³/mol. The number of carbonyl (C=O) groups is 1. The SMILES string of the molecule is COCCOC(=O)NC1CCN(c2cc(C)c3nc(-c4c(NCCc5cccc(Cl)c5)cc[nH]c4=O)[nH]c3c2)CC1. The Labute approximate surface area is 243 Å². The van der Waals surface area contributed by atoms with E-state index < -0.39 is 6.09 Å². The van der Waals surface area contributed by atoms with E-state index in [-0.39, 0.29) is 18.2 Å². The molecule has 1 fully saturated rings. The monoisotopic (exact) mass is 578 g/mol. The molecule has 2 aromatic carbocycles. The number of ether oxygens (including phenoxy) is 2. The molecular weight excluding hydrogens is 544 g/mol. The highest BCUT2D eigenvalue weighted by Crippen LogP contribution is 2.30. The summed E-state index contributed by atoms with van der Waals surface area (Å²) in [7, 11) is 1.57. The van der Waals surface area contributed by atoms with Gasteiger partial charge in [-0.15, -0.1) is 0 Å². The summed E-state index contributed by atoms with van der Waals surface area (Å²) in [5, 5.41) is 7.05. The zero-order valence-electron chi connectivity index (χ0n) is 23.3. The molecule has 0 unspecified atom stereocenters. The summed E-state index contributed by atoms with van der Waals surface area (Å²) in [6, 6.07) is 13.9. The third-order valence-electron chi connectivity index (χ3n) is 7.28. The van der Waals surface area contributed by atoms with Crippen molar-refractivity contribution in [3.8, 4) is 11.4 Å². The van der Waals surface area contributed by atoms with Crippen molar-refractivity contribution in [3.05, 3.63) is 75.2 Å². The second-order valence-corrected chi connectivity index (χ2v) is 10.6. The zero-order chi connectivity index (χ0) is 28.8. The van der Waals surface area contributed by atoms with Gasteiger partial charge in [-0.25, -0.2) is 9.78 Å². The topological polar surface area (TPSA) is 124 Å². The minimum atomic E-state index is -0.406. The Bertz CT molecular complexity index is 1560. The van der Waals surface area contributed by atoms with Gasteiger partial charge in [0.2, 0.25) is 0 Å². The molecule has 2 aromatic heterocycles. The van der Waals surface area contributed by atoms with Crippen LogP contribution in [-0.4, -0.2) is 67.0 Å². The number of methoxy groups -OCH3 is 1. The summed E-state index contributed by atoms with van der Waals surface area (Å²) < 4.78 is 10.0. The lowest BCUT2D eigenvalue weighted by atomic mass is 10.0. The number of amides is 1. The third kappa shape index (κ3) is 7.01. The Balaban J connectivity index is 1.28. The molecule has 0 bridgehead atoms. The summed E-state index contributed by atoms with van der Waals surface area (Å²) in [6.07, 6.45) is 3.62. The number of fused-ring (bicyclic) bond motifs is 1. The van der Waals surface area contributed by atoms with Crippen LogP contribution < -0.4 is 21.1 Å². The molecule has 11 heteroatoms. The number of alkyl carbamates (subject to hydrolysis) is 1. The van der Waals surface area contributed by atoms with E-state index in [9.17, 15) is 9.59 Å². The summed E-state index contributed by atoms with van der Waals surface area (Å²) in [5.74, 6) is 0.516. The van der Waals surface area contributed by atoms with Crippen LogP contribution >= 0.6 is 11.6 Å². The second kappa shape index (κ2) is 13.1. The number of benzene rings is 2. The molecular formula is C30H35ClN6O4. The van der Waals surface area contributed by atoms with Gasteiger partial charge >= 0.3 is 6.09 Å². The smallest absolute Gasteiger partial charge is 0.407 e. The molecule has 1 aliphatic heterocycles. The first-order chi connectivity index (χ1) is 19.9. The number of pyridine rings is 1. The van der Waals surface area contributed by atoms with Gasteiger partial charge < -0.3 is 35.0 Å². The Kier molecular flexibility index (Phi) is 9.11. The van der Waals surface area contributed by atoms with Crippen LogP contribution in [0.15, 0.2) is 53.5 Å². The Morgan fingerprint density at radius 3 is 2.78 bits per heavy atom. The van der Waals surface area contributed by atoms with E-state index in [0.717, 1.165) is 60.2 Å². The van der Waals surface area contributed by atoms with Crippen LogP contribution in [0.4, 0.5) is 16.2 Å². The average Bonchev–Trinajstić information content (AvgIpc) is 3.38. The van der Waals surface area contributed by atoms with Gasteiger partial charge in [-0.2, -0.15) is 0 Å². The van der Waals surface area contributed by atoms with Gasteiger partial charge in [0.15, 0.2) is 0 Å². The number of aromatic nitrogens is 3. The molecule has 0 atom stereocenters. The molecule has 1 aliphatic rings. The van der Waals surface area contributed by atoms with Crippen molar-refractivity contribution in [1.29, 1.82) is 0 Å². The predicted octanol–water partition coefficient (Wildman–Crippen LogP) is 4.88. The van der Waals surface area contributed by atoms with Crippen LogP contribution in [0.3, 0.4) is 0 Å². The molecule has 216 valence electrons. The number of rotatable bonds is 10.